The fourth-order valence-corrected chi connectivity index (χ4v) is 4.83. The Hall–Kier alpha value is -3.83. The first-order valence-electron chi connectivity index (χ1n) is 11.1. The van der Waals surface area contributed by atoms with Gasteiger partial charge in [-0.1, -0.05) is 12.1 Å². The molecule has 0 saturated carbocycles. The van der Waals surface area contributed by atoms with Gasteiger partial charge in [0, 0.05) is 12.1 Å². The fourth-order valence-electron chi connectivity index (χ4n) is 3.41. The Labute approximate surface area is 225 Å². The van der Waals surface area contributed by atoms with Crippen LogP contribution in [0.5, 0.6) is 17.2 Å². The van der Waals surface area contributed by atoms with Crippen LogP contribution in [0.4, 0.5) is 11.4 Å². The topological polar surface area (TPSA) is 112 Å². The van der Waals surface area contributed by atoms with E-state index in [4.69, 9.17) is 14.2 Å². The third-order valence-electron chi connectivity index (χ3n) is 5.08. The number of hydrogen-bond donors (Lipinski definition) is 1. The molecule has 0 atom stereocenters. The molecule has 1 fully saturated rings. The molecule has 1 aliphatic rings. The van der Waals surface area contributed by atoms with Crippen LogP contribution in [0.2, 0.25) is 0 Å². The maximum atomic E-state index is 12.5. The van der Waals surface area contributed by atoms with Crippen molar-refractivity contribution in [3.63, 3.8) is 0 Å². The summed E-state index contributed by atoms with van der Waals surface area (Å²) in [4.78, 5) is 28.1. The molecule has 0 radical (unpaired) electrons. The van der Waals surface area contributed by atoms with Gasteiger partial charge in [0.05, 0.1) is 33.7 Å². The lowest BCUT2D eigenvalue weighted by molar-refractivity contribution is -0.384. The lowest BCUT2D eigenvalue weighted by Gasteiger charge is -2.14. The van der Waals surface area contributed by atoms with Crippen molar-refractivity contribution in [2.75, 3.05) is 13.7 Å². The van der Waals surface area contributed by atoms with E-state index in [0.29, 0.717) is 49.5 Å². The molecule has 11 heteroatoms. The van der Waals surface area contributed by atoms with Crippen LogP contribution in [0.25, 0.3) is 6.08 Å². The molecule has 37 heavy (non-hydrogen) atoms. The molecule has 190 valence electrons. The van der Waals surface area contributed by atoms with Crippen molar-refractivity contribution < 1.29 is 23.9 Å². The number of nitro groups is 1. The predicted octanol–water partition coefficient (Wildman–Crippen LogP) is 6.24. The van der Waals surface area contributed by atoms with Gasteiger partial charge in [0.25, 0.3) is 11.6 Å². The van der Waals surface area contributed by atoms with E-state index >= 15 is 0 Å². The van der Waals surface area contributed by atoms with Gasteiger partial charge in [-0.25, -0.2) is 4.99 Å². The number of thioether (sulfide) groups is 1. The number of nitrogens with one attached hydrogen (secondary N) is 1. The van der Waals surface area contributed by atoms with Crippen molar-refractivity contribution >= 4 is 56.2 Å². The second-order valence-corrected chi connectivity index (χ2v) is 9.54. The zero-order chi connectivity index (χ0) is 26.4. The monoisotopic (exact) mass is 583 g/mol. The normalized spacial score (nSPS) is 15.1. The van der Waals surface area contributed by atoms with Crippen molar-refractivity contribution in [1.82, 2.24) is 5.32 Å². The largest absolute Gasteiger partial charge is 0.494 e. The van der Waals surface area contributed by atoms with E-state index in [2.05, 4.69) is 26.2 Å². The van der Waals surface area contributed by atoms with Gasteiger partial charge in [0.15, 0.2) is 16.7 Å². The number of rotatable bonds is 9. The Kier molecular flexibility index (Phi) is 8.47. The Morgan fingerprint density at radius 1 is 1.14 bits per heavy atom. The van der Waals surface area contributed by atoms with Crippen molar-refractivity contribution in [3.8, 4) is 17.2 Å². The van der Waals surface area contributed by atoms with Crippen LogP contribution < -0.4 is 19.5 Å². The molecular weight excluding hydrogens is 562 g/mol. The van der Waals surface area contributed by atoms with E-state index in [1.807, 2.05) is 31.2 Å². The summed E-state index contributed by atoms with van der Waals surface area (Å²) in [6.07, 6.45) is 1.73. The Morgan fingerprint density at radius 2 is 1.92 bits per heavy atom. The first-order chi connectivity index (χ1) is 17.9. The smallest absolute Gasteiger partial charge is 0.269 e. The maximum Gasteiger partial charge on any atom is 0.269 e. The first kappa shape index (κ1) is 26.2. The molecular formula is C26H22BrN3O6S. The van der Waals surface area contributed by atoms with Gasteiger partial charge in [-0.05, 0) is 88.2 Å². The molecule has 9 nitrogen and oxygen atoms in total. The molecule has 0 unspecified atom stereocenters. The Bertz CT molecular complexity index is 1390. The van der Waals surface area contributed by atoms with Gasteiger partial charge in [-0.2, -0.15) is 0 Å². The summed E-state index contributed by atoms with van der Waals surface area (Å²) in [5, 5.41) is 14.3. The quantitative estimate of drug-likeness (QED) is 0.180. The van der Waals surface area contributed by atoms with Crippen LogP contribution in [-0.2, 0) is 11.4 Å². The van der Waals surface area contributed by atoms with Gasteiger partial charge in [0.2, 0.25) is 0 Å². The number of non-ortho nitro benzene ring substituents is 1. The minimum Gasteiger partial charge on any atom is -0.494 e. The molecule has 0 aromatic heterocycles. The number of methoxy groups -OCH3 is 1. The van der Waals surface area contributed by atoms with Crippen LogP contribution in [-0.4, -0.2) is 29.7 Å². The molecule has 3 aromatic carbocycles. The molecule has 3 aromatic rings. The number of carbonyl (C=O) groups is 1. The summed E-state index contributed by atoms with van der Waals surface area (Å²) in [6.45, 7) is 2.61. The third kappa shape index (κ3) is 6.69. The molecule has 0 spiro atoms. The van der Waals surface area contributed by atoms with E-state index in [1.165, 1.54) is 31.0 Å². The zero-order valence-electron chi connectivity index (χ0n) is 19.9. The van der Waals surface area contributed by atoms with Gasteiger partial charge < -0.3 is 19.5 Å². The lowest BCUT2D eigenvalue weighted by atomic mass is 10.1. The van der Waals surface area contributed by atoms with E-state index in [9.17, 15) is 14.9 Å². The summed E-state index contributed by atoms with van der Waals surface area (Å²) in [7, 11) is 1.51. The highest BCUT2D eigenvalue weighted by Gasteiger charge is 2.24. The number of carbonyl (C=O) groups excluding carboxylic acids is 1. The molecule has 0 bridgehead atoms. The van der Waals surface area contributed by atoms with Crippen molar-refractivity contribution in [2.45, 2.75) is 13.5 Å². The number of ether oxygens (including phenoxy) is 3. The number of nitro benzene ring substituents is 1. The molecule has 1 saturated heterocycles. The van der Waals surface area contributed by atoms with Gasteiger partial charge in [-0.15, -0.1) is 0 Å². The molecule has 0 aliphatic carbocycles. The standard InChI is InChI=1S/C26H22BrN3O6S/c1-3-35-20-9-7-18(8-10-20)28-26-29-25(31)23(37-26)14-17-12-21(27)24(22(13-17)34-2)36-15-16-5-4-6-19(11-16)30(32)33/h4-14H,3,15H2,1-2H3,(H,28,29,31)/b23-14+. The van der Waals surface area contributed by atoms with E-state index in [0.717, 1.165) is 5.75 Å². The van der Waals surface area contributed by atoms with E-state index in [-0.39, 0.29) is 18.2 Å². The van der Waals surface area contributed by atoms with Crippen molar-refractivity contribution in [2.24, 2.45) is 4.99 Å². The number of benzene rings is 3. The van der Waals surface area contributed by atoms with Crippen LogP contribution >= 0.6 is 27.7 Å². The number of nitrogens with zero attached hydrogens (tertiary/aromatic N) is 2. The Balaban J connectivity index is 1.50. The van der Waals surface area contributed by atoms with Crippen LogP contribution in [0.15, 0.2) is 75.0 Å². The maximum absolute atomic E-state index is 12.5. The number of amidine groups is 1. The summed E-state index contributed by atoms with van der Waals surface area (Å²) in [5.74, 6) is 1.39. The summed E-state index contributed by atoms with van der Waals surface area (Å²) >= 11 is 4.74. The van der Waals surface area contributed by atoms with Crippen LogP contribution in [0.3, 0.4) is 0 Å². The molecule has 1 N–H and O–H groups in total. The minimum absolute atomic E-state index is 0.00752. The number of halogens is 1. The highest BCUT2D eigenvalue weighted by atomic mass is 79.9. The van der Waals surface area contributed by atoms with E-state index < -0.39 is 4.92 Å². The van der Waals surface area contributed by atoms with Gasteiger partial charge >= 0.3 is 0 Å². The fraction of sp³-hybridized carbons (Fsp3) is 0.154. The Morgan fingerprint density at radius 3 is 2.62 bits per heavy atom. The van der Waals surface area contributed by atoms with Gasteiger partial charge in [-0.3, -0.25) is 14.9 Å². The molecule has 1 aliphatic heterocycles. The van der Waals surface area contributed by atoms with Crippen molar-refractivity contribution in [3.05, 3.63) is 91.3 Å². The summed E-state index contributed by atoms with van der Waals surface area (Å²) < 4.78 is 17.5. The van der Waals surface area contributed by atoms with E-state index in [1.54, 1.807) is 30.3 Å². The predicted molar refractivity (Wildman–Crippen MR) is 147 cm³/mol. The first-order valence-corrected chi connectivity index (χ1v) is 12.7. The SMILES string of the molecule is CCOc1ccc(N=C2NC(=O)/C(=C\c3cc(Br)c(OCc4cccc([N+](=O)[O-])c4)c(OC)c3)S2)cc1. The summed E-state index contributed by atoms with van der Waals surface area (Å²) in [6, 6.07) is 17.1. The zero-order valence-corrected chi connectivity index (χ0v) is 22.3. The van der Waals surface area contributed by atoms with Crippen molar-refractivity contribution in [1.29, 1.82) is 0 Å². The third-order valence-corrected chi connectivity index (χ3v) is 6.58. The number of aliphatic imine (C=N–C) groups is 1. The van der Waals surface area contributed by atoms with Crippen LogP contribution in [0.1, 0.15) is 18.1 Å². The summed E-state index contributed by atoms with van der Waals surface area (Å²) in [5.41, 5.74) is 2.05. The second kappa shape index (κ2) is 11.9. The average molecular weight is 584 g/mol. The van der Waals surface area contributed by atoms with Gasteiger partial charge in [0.1, 0.15) is 12.4 Å². The molecule has 1 heterocycles. The number of hydrogen-bond acceptors (Lipinski definition) is 8. The highest BCUT2D eigenvalue weighted by Crippen LogP contribution is 2.39. The minimum atomic E-state index is -0.451. The average Bonchev–Trinajstić information content (AvgIpc) is 3.22. The second-order valence-electron chi connectivity index (χ2n) is 7.66. The lowest BCUT2D eigenvalue weighted by Crippen LogP contribution is -2.19. The molecule has 4 rings (SSSR count). The highest BCUT2D eigenvalue weighted by molar-refractivity contribution is 9.10. The molecule has 1 amide bonds. The van der Waals surface area contributed by atoms with Crippen LogP contribution in [0, 0.1) is 10.1 Å². The number of amides is 1.